The van der Waals surface area contributed by atoms with E-state index < -0.39 is 10.0 Å². The molecule has 2 aromatic rings. The summed E-state index contributed by atoms with van der Waals surface area (Å²) < 4.78 is 32.1. The molecule has 2 N–H and O–H groups in total. The fourth-order valence-corrected chi connectivity index (χ4v) is 4.67. The van der Waals surface area contributed by atoms with Crippen molar-refractivity contribution in [2.75, 3.05) is 32.7 Å². The number of carbonyl (C=O) groups is 1. The Labute approximate surface area is 163 Å². The Morgan fingerprint density at radius 3 is 2.52 bits per heavy atom. The van der Waals surface area contributed by atoms with Gasteiger partial charge in [-0.05, 0) is 43.3 Å². The maximum Gasteiger partial charge on any atom is 0.275 e. The van der Waals surface area contributed by atoms with E-state index in [2.05, 4.69) is 5.32 Å². The Morgan fingerprint density at radius 2 is 1.93 bits per heavy atom. The van der Waals surface area contributed by atoms with E-state index in [1.54, 1.807) is 24.5 Å². The first kappa shape index (κ1) is 19.9. The predicted octanol–water partition coefficient (Wildman–Crippen LogP) is 0.700. The molecule has 1 aliphatic rings. The number of amides is 1. The Bertz CT molecular complexity index is 861. The standard InChI is InChI=1S/C18H22ClN3O4S/c1-14(17-3-2-12-26-17)20-18(23)13-21-8-10-22(11-9-21)27(24,25)16-6-4-15(19)5-7-16/h2-7,12,14H,8-11,13H2,1H3,(H,20,23)/p+1/t14-/m1/s1. The maximum absolute atomic E-state index is 12.7. The summed E-state index contributed by atoms with van der Waals surface area (Å²) in [6.07, 6.45) is 1.57. The minimum atomic E-state index is -3.53. The number of sulfonamides is 1. The summed E-state index contributed by atoms with van der Waals surface area (Å²) in [6, 6.07) is 9.57. The highest BCUT2D eigenvalue weighted by Gasteiger charge is 2.31. The summed E-state index contributed by atoms with van der Waals surface area (Å²) in [5, 5.41) is 3.40. The quantitative estimate of drug-likeness (QED) is 0.731. The first-order valence-corrected chi connectivity index (χ1v) is 10.6. The molecule has 146 valence electrons. The van der Waals surface area contributed by atoms with E-state index in [4.69, 9.17) is 16.0 Å². The highest BCUT2D eigenvalue weighted by atomic mass is 35.5. The first-order valence-electron chi connectivity index (χ1n) is 8.78. The van der Waals surface area contributed by atoms with E-state index in [0.29, 0.717) is 43.5 Å². The number of quaternary nitrogens is 1. The summed E-state index contributed by atoms with van der Waals surface area (Å²) in [5.74, 6) is 0.625. The molecule has 0 aliphatic carbocycles. The predicted molar refractivity (Wildman–Crippen MR) is 101 cm³/mol. The highest BCUT2D eigenvalue weighted by Crippen LogP contribution is 2.18. The van der Waals surface area contributed by atoms with Crippen LogP contribution < -0.4 is 10.2 Å². The number of carbonyl (C=O) groups excluding carboxylic acids is 1. The molecule has 1 aromatic heterocycles. The number of halogens is 1. The Hall–Kier alpha value is -1.87. The van der Waals surface area contributed by atoms with E-state index in [-0.39, 0.29) is 16.8 Å². The van der Waals surface area contributed by atoms with E-state index >= 15 is 0 Å². The molecule has 1 fully saturated rings. The van der Waals surface area contributed by atoms with Crippen molar-refractivity contribution in [3.63, 3.8) is 0 Å². The molecule has 1 aliphatic heterocycles. The summed E-state index contributed by atoms with van der Waals surface area (Å²) in [4.78, 5) is 13.5. The van der Waals surface area contributed by atoms with Crippen LogP contribution in [0, 0.1) is 0 Å². The minimum Gasteiger partial charge on any atom is -0.467 e. The third kappa shape index (κ3) is 4.90. The van der Waals surface area contributed by atoms with Gasteiger partial charge >= 0.3 is 0 Å². The van der Waals surface area contributed by atoms with Crippen LogP contribution in [0.4, 0.5) is 0 Å². The molecule has 3 rings (SSSR count). The lowest BCUT2D eigenvalue weighted by molar-refractivity contribution is -0.895. The van der Waals surface area contributed by atoms with Crippen LogP contribution in [0.15, 0.2) is 52.0 Å². The van der Waals surface area contributed by atoms with Crippen molar-refractivity contribution >= 4 is 27.5 Å². The van der Waals surface area contributed by atoms with Crippen LogP contribution >= 0.6 is 11.6 Å². The second-order valence-electron chi connectivity index (χ2n) is 6.59. The van der Waals surface area contributed by atoms with Crippen molar-refractivity contribution in [2.24, 2.45) is 0 Å². The van der Waals surface area contributed by atoms with Gasteiger partial charge in [-0.25, -0.2) is 8.42 Å². The third-order valence-electron chi connectivity index (χ3n) is 4.64. The summed E-state index contributed by atoms with van der Waals surface area (Å²) in [7, 11) is -3.53. The molecule has 0 radical (unpaired) electrons. The van der Waals surface area contributed by atoms with Crippen LogP contribution in [0.5, 0.6) is 0 Å². The van der Waals surface area contributed by atoms with Gasteiger partial charge in [-0.2, -0.15) is 4.31 Å². The van der Waals surface area contributed by atoms with Gasteiger partial charge in [0.2, 0.25) is 10.0 Å². The zero-order valence-electron chi connectivity index (χ0n) is 15.0. The number of hydrogen-bond donors (Lipinski definition) is 2. The molecule has 7 nitrogen and oxygen atoms in total. The molecule has 0 bridgehead atoms. The average Bonchev–Trinajstić information content (AvgIpc) is 3.17. The molecule has 1 saturated heterocycles. The number of benzene rings is 1. The average molecular weight is 413 g/mol. The van der Waals surface area contributed by atoms with Crippen LogP contribution in [0.3, 0.4) is 0 Å². The molecule has 1 amide bonds. The van der Waals surface area contributed by atoms with Crippen molar-refractivity contribution in [1.82, 2.24) is 9.62 Å². The second kappa shape index (κ2) is 8.43. The van der Waals surface area contributed by atoms with Gasteiger partial charge in [0.25, 0.3) is 5.91 Å². The smallest absolute Gasteiger partial charge is 0.275 e. The van der Waals surface area contributed by atoms with Gasteiger partial charge < -0.3 is 14.6 Å². The molecule has 1 aromatic carbocycles. The van der Waals surface area contributed by atoms with Crippen molar-refractivity contribution in [3.8, 4) is 0 Å². The third-order valence-corrected chi connectivity index (χ3v) is 6.80. The molecule has 1 atom stereocenters. The fraction of sp³-hybridized carbons (Fsp3) is 0.389. The number of piperazine rings is 1. The van der Waals surface area contributed by atoms with Crippen LogP contribution in [-0.4, -0.2) is 51.4 Å². The second-order valence-corrected chi connectivity index (χ2v) is 8.96. The van der Waals surface area contributed by atoms with Gasteiger partial charge in [0.05, 0.1) is 43.4 Å². The van der Waals surface area contributed by atoms with Gasteiger partial charge in [0.1, 0.15) is 5.76 Å². The van der Waals surface area contributed by atoms with E-state index in [9.17, 15) is 13.2 Å². The van der Waals surface area contributed by atoms with E-state index in [0.717, 1.165) is 4.90 Å². The summed E-state index contributed by atoms with van der Waals surface area (Å²) >= 11 is 5.83. The van der Waals surface area contributed by atoms with Crippen LogP contribution in [-0.2, 0) is 14.8 Å². The topological polar surface area (TPSA) is 84.1 Å². The highest BCUT2D eigenvalue weighted by molar-refractivity contribution is 7.89. The largest absolute Gasteiger partial charge is 0.467 e. The van der Waals surface area contributed by atoms with Crippen molar-refractivity contribution in [3.05, 3.63) is 53.4 Å². The molecule has 27 heavy (non-hydrogen) atoms. The lowest BCUT2D eigenvalue weighted by Crippen LogP contribution is -3.15. The number of nitrogens with zero attached hydrogens (tertiary/aromatic N) is 1. The lowest BCUT2D eigenvalue weighted by Gasteiger charge is -2.31. The molecule has 0 unspecified atom stereocenters. The zero-order valence-corrected chi connectivity index (χ0v) is 16.6. The van der Waals surface area contributed by atoms with Gasteiger partial charge in [0, 0.05) is 5.02 Å². The number of rotatable bonds is 6. The van der Waals surface area contributed by atoms with E-state index in [1.807, 2.05) is 13.0 Å². The zero-order chi connectivity index (χ0) is 19.4. The summed E-state index contributed by atoms with van der Waals surface area (Å²) in [6.45, 7) is 4.08. The first-order chi connectivity index (χ1) is 12.9. The molecule has 9 heteroatoms. The Kier molecular flexibility index (Phi) is 6.21. The van der Waals surface area contributed by atoms with Crippen molar-refractivity contribution in [1.29, 1.82) is 0 Å². The normalized spacial score (nSPS) is 17.6. The molecular formula is C18H23ClN3O4S+. The molecule has 2 heterocycles. The van der Waals surface area contributed by atoms with Gasteiger partial charge in [-0.15, -0.1) is 0 Å². The Morgan fingerprint density at radius 1 is 1.26 bits per heavy atom. The van der Waals surface area contributed by atoms with Crippen LogP contribution in [0.1, 0.15) is 18.7 Å². The SMILES string of the molecule is C[C@@H](NC(=O)C[NH+]1CCN(S(=O)(=O)c2ccc(Cl)cc2)CC1)c1ccco1. The van der Waals surface area contributed by atoms with Gasteiger partial charge in [0.15, 0.2) is 6.54 Å². The number of nitrogens with one attached hydrogen (secondary N) is 2. The molecular weight excluding hydrogens is 390 g/mol. The fourth-order valence-electron chi connectivity index (χ4n) is 3.10. The minimum absolute atomic E-state index is 0.0806. The van der Waals surface area contributed by atoms with Gasteiger partial charge in [-0.3, -0.25) is 4.79 Å². The Balaban J connectivity index is 1.51. The maximum atomic E-state index is 12.7. The van der Waals surface area contributed by atoms with Crippen LogP contribution in [0.2, 0.25) is 5.02 Å². The van der Waals surface area contributed by atoms with Gasteiger partial charge in [-0.1, -0.05) is 11.6 Å². The van der Waals surface area contributed by atoms with Crippen LogP contribution in [0.25, 0.3) is 0 Å². The van der Waals surface area contributed by atoms with E-state index in [1.165, 1.54) is 16.4 Å². The number of furan rings is 1. The van der Waals surface area contributed by atoms with Crippen molar-refractivity contribution < 1.29 is 22.5 Å². The summed E-state index contributed by atoms with van der Waals surface area (Å²) in [5.41, 5.74) is 0. The van der Waals surface area contributed by atoms with Crippen molar-refractivity contribution in [2.45, 2.75) is 17.9 Å². The molecule has 0 saturated carbocycles. The number of hydrogen-bond acceptors (Lipinski definition) is 4. The lowest BCUT2D eigenvalue weighted by atomic mass is 10.2. The monoisotopic (exact) mass is 412 g/mol. The molecule has 0 spiro atoms.